The van der Waals surface area contributed by atoms with Crippen molar-refractivity contribution in [3.05, 3.63) is 35.6 Å². The number of hydrogen-bond acceptors (Lipinski definition) is 1. The minimum atomic E-state index is -0.0756. The van der Waals surface area contributed by atoms with E-state index >= 15 is 0 Å². The largest absolute Gasteiger partial charge is 0.314 e. The first-order valence-electron chi connectivity index (χ1n) is 7.00. The lowest BCUT2D eigenvalue weighted by molar-refractivity contribution is 0.237. The quantitative estimate of drug-likeness (QED) is 0.767. The van der Waals surface area contributed by atoms with Crippen LogP contribution in [0.15, 0.2) is 24.3 Å². The van der Waals surface area contributed by atoms with Crippen molar-refractivity contribution >= 4 is 0 Å². The maximum atomic E-state index is 13.8. The third-order valence-electron chi connectivity index (χ3n) is 3.91. The van der Waals surface area contributed by atoms with Gasteiger partial charge in [-0.15, -0.1) is 0 Å². The Balaban J connectivity index is 2.82. The Kier molecular flexibility index (Phi) is 5.80. The fourth-order valence-electron chi connectivity index (χ4n) is 2.28. The minimum Gasteiger partial charge on any atom is -0.314 e. The van der Waals surface area contributed by atoms with Gasteiger partial charge in [0.15, 0.2) is 0 Å². The highest BCUT2D eigenvalue weighted by Crippen LogP contribution is 2.31. The summed E-state index contributed by atoms with van der Waals surface area (Å²) in [6.45, 7) is 9.66. The Hall–Kier alpha value is -0.890. The topological polar surface area (TPSA) is 12.0 Å². The van der Waals surface area contributed by atoms with Gasteiger partial charge in [0.05, 0.1) is 0 Å². The summed E-state index contributed by atoms with van der Waals surface area (Å²) >= 11 is 0. The Morgan fingerprint density at radius 1 is 1.17 bits per heavy atom. The molecule has 0 atom stereocenters. The molecule has 1 aromatic carbocycles. The molecule has 0 amide bonds. The van der Waals surface area contributed by atoms with Crippen LogP contribution in [0.3, 0.4) is 0 Å². The van der Waals surface area contributed by atoms with Crippen LogP contribution in [0.25, 0.3) is 0 Å². The SMILES string of the molecule is CCC(CC)(CNC(C)C)Cc1ccccc1F. The molecule has 1 rings (SSSR count). The summed E-state index contributed by atoms with van der Waals surface area (Å²) in [7, 11) is 0. The Morgan fingerprint density at radius 2 is 1.78 bits per heavy atom. The first-order valence-corrected chi connectivity index (χ1v) is 7.00. The van der Waals surface area contributed by atoms with E-state index in [2.05, 4.69) is 33.0 Å². The maximum Gasteiger partial charge on any atom is 0.126 e. The zero-order valence-electron chi connectivity index (χ0n) is 12.1. The lowest BCUT2D eigenvalue weighted by Crippen LogP contribution is -2.38. The van der Waals surface area contributed by atoms with E-state index in [1.54, 1.807) is 12.1 Å². The molecule has 18 heavy (non-hydrogen) atoms. The van der Waals surface area contributed by atoms with Crippen LogP contribution in [0.1, 0.15) is 46.1 Å². The number of hydrogen-bond donors (Lipinski definition) is 1. The van der Waals surface area contributed by atoms with Gasteiger partial charge in [0.2, 0.25) is 0 Å². The average molecular weight is 251 g/mol. The lowest BCUT2D eigenvalue weighted by Gasteiger charge is -2.33. The standard InChI is InChI=1S/C16H26FN/c1-5-16(6-2,12-18-13(3)4)11-14-9-7-8-10-15(14)17/h7-10,13,18H,5-6,11-12H2,1-4H3. The number of halogens is 1. The van der Waals surface area contributed by atoms with Crippen molar-refractivity contribution in [2.24, 2.45) is 5.41 Å². The molecule has 0 bridgehead atoms. The van der Waals surface area contributed by atoms with Gasteiger partial charge in [-0.1, -0.05) is 45.9 Å². The molecule has 102 valence electrons. The van der Waals surface area contributed by atoms with Gasteiger partial charge in [0, 0.05) is 12.6 Å². The molecule has 0 heterocycles. The molecule has 0 fully saturated rings. The summed E-state index contributed by atoms with van der Waals surface area (Å²) in [5, 5.41) is 3.51. The van der Waals surface area contributed by atoms with E-state index in [1.807, 2.05) is 12.1 Å². The zero-order chi connectivity index (χ0) is 13.6. The molecule has 0 unspecified atom stereocenters. The van der Waals surface area contributed by atoms with Crippen LogP contribution in [0.5, 0.6) is 0 Å². The van der Waals surface area contributed by atoms with Crippen molar-refractivity contribution in [3.63, 3.8) is 0 Å². The highest BCUT2D eigenvalue weighted by Gasteiger charge is 2.27. The molecule has 0 radical (unpaired) electrons. The summed E-state index contributed by atoms with van der Waals surface area (Å²) in [6.07, 6.45) is 2.95. The second-order valence-corrected chi connectivity index (χ2v) is 5.51. The summed E-state index contributed by atoms with van der Waals surface area (Å²) in [5.41, 5.74) is 0.999. The summed E-state index contributed by atoms with van der Waals surface area (Å²) in [6, 6.07) is 7.62. The van der Waals surface area contributed by atoms with E-state index in [-0.39, 0.29) is 11.2 Å². The van der Waals surface area contributed by atoms with Crippen LogP contribution in [-0.2, 0) is 6.42 Å². The molecule has 1 nitrogen and oxygen atoms in total. The number of nitrogens with one attached hydrogen (secondary N) is 1. The van der Waals surface area contributed by atoms with Crippen molar-refractivity contribution in [2.45, 2.75) is 53.0 Å². The monoisotopic (exact) mass is 251 g/mol. The van der Waals surface area contributed by atoms with Gasteiger partial charge in [0.25, 0.3) is 0 Å². The molecular weight excluding hydrogens is 225 g/mol. The molecule has 1 N–H and O–H groups in total. The van der Waals surface area contributed by atoms with Crippen molar-refractivity contribution in [1.82, 2.24) is 5.32 Å². The molecule has 0 aliphatic heterocycles. The van der Waals surface area contributed by atoms with Crippen molar-refractivity contribution < 1.29 is 4.39 Å². The maximum absolute atomic E-state index is 13.8. The van der Waals surface area contributed by atoms with E-state index in [9.17, 15) is 4.39 Å². The Labute approximate surface area is 111 Å². The molecule has 2 heteroatoms. The summed E-state index contributed by atoms with van der Waals surface area (Å²) in [4.78, 5) is 0. The van der Waals surface area contributed by atoms with Gasteiger partial charge < -0.3 is 5.32 Å². The zero-order valence-corrected chi connectivity index (χ0v) is 12.1. The van der Waals surface area contributed by atoms with E-state index in [0.717, 1.165) is 31.4 Å². The number of rotatable bonds is 7. The third kappa shape index (κ3) is 4.09. The van der Waals surface area contributed by atoms with Crippen LogP contribution >= 0.6 is 0 Å². The van der Waals surface area contributed by atoms with Gasteiger partial charge in [-0.05, 0) is 36.3 Å². The second kappa shape index (κ2) is 6.89. The Bertz CT molecular complexity index is 356. The van der Waals surface area contributed by atoms with Crippen LogP contribution in [0.2, 0.25) is 0 Å². The molecule has 0 spiro atoms. The van der Waals surface area contributed by atoms with Crippen LogP contribution in [0.4, 0.5) is 4.39 Å². The molecule has 0 saturated heterocycles. The fraction of sp³-hybridized carbons (Fsp3) is 0.625. The molecule has 0 aliphatic carbocycles. The second-order valence-electron chi connectivity index (χ2n) is 5.51. The van der Waals surface area contributed by atoms with Gasteiger partial charge in [-0.3, -0.25) is 0 Å². The van der Waals surface area contributed by atoms with Crippen LogP contribution in [-0.4, -0.2) is 12.6 Å². The van der Waals surface area contributed by atoms with E-state index in [4.69, 9.17) is 0 Å². The first kappa shape index (κ1) is 15.2. The number of benzene rings is 1. The van der Waals surface area contributed by atoms with Gasteiger partial charge >= 0.3 is 0 Å². The smallest absolute Gasteiger partial charge is 0.126 e. The van der Waals surface area contributed by atoms with Gasteiger partial charge in [-0.25, -0.2) is 4.39 Å². The van der Waals surface area contributed by atoms with Crippen LogP contribution in [0, 0.1) is 11.2 Å². The van der Waals surface area contributed by atoms with E-state index < -0.39 is 0 Å². The van der Waals surface area contributed by atoms with E-state index in [1.165, 1.54) is 0 Å². The molecule has 0 aromatic heterocycles. The average Bonchev–Trinajstić information content (AvgIpc) is 2.37. The molecule has 0 saturated carbocycles. The Morgan fingerprint density at radius 3 is 2.28 bits per heavy atom. The third-order valence-corrected chi connectivity index (χ3v) is 3.91. The predicted octanol–water partition coefficient (Wildman–Crippen LogP) is 4.17. The molecule has 0 aliphatic rings. The predicted molar refractivity (Wildman–Crippen MR) is 76.3 cm³/mol. The molecular formula is C16H26FN. The molecule has 1 aromatic rings. The van der Waals surface area contributed by atoms with Gasteiger partial charge in [0.1, 0.15) is 5.82 Å². The van der Waals surface area contributed by atoms with Crippen molar-refractivity contribution in [2.75, 3.05) is 6.54 Å². The highest BCUT2D eigenvalue weighted by molar-refractivity contribution is 5.19. The first-order chi connectivity index (χ1) is 8.53. The highest BCUT2D eigenvalue weighted by atomic mass is 19.1. The summed E-state index contributed by atoms with van der Waals surface area (Å²) < 4.78 is 13.8. The van der Waals surface area contributed by atoms with Crippen LogP contribution < -0.4 is 5.32 Å². The summed E-state index contributed by atoms with van der Waals surface area (Å²) in [5.74, 6) is -0.0756. The minimum absolute atomic E-state index is 0.0756. The van der Waals surface area contributed by atoms with Crippen molar-refractivity contribution in [1.29, 1.82) is 0 Å². The van der Waals surface area contributed by atoms with Crippen molar-refractivity contribution in [3.8, 4) is 0 Å². The van der Waals surface area contributed by atoms with E-state index in [0.29, 0.717) is 6.04 Å². The van der Waals surface area contributed by atoms with Gasteiger partial charge in [-0.2, -0.15) is 0 Å². The fourth-order valence-corrected chi connectivity index (χ4v) is 2.28. The normalized spacial score (nSPS) is 12.1. The lowest BCUT2D eigenvalue weighted by atomic mass is 9.76.